The summed E-state index contributed by atoms with van der Waals surface area (Å²) >= 11 is 4.65. The van der Waals surface area contributed by atoms with Gasteiger partial charge in [0.1, 0.15) is 24.0 Å². The van der Waals surface area contributed by atoms with Crippen molar-refractivity contribution < 1.29 is 19.0 Å². The van der Waals surface area contributed by atoms with Gasteiger partial charge in [-0.25, -0.2) is 5.43 Å². The van der Waals surface area contributed by atoms with Crippen molar-refractivity contribution in [1.29, 1.82) is 0 Å². The molecule has 9 nitrogen and oxygen atoms in total. The van der Waals surface area contributed by atoms with Crippen LogP contribution in [0.4, 0.5) is 5.13 Å². The van der Waals surface area contributed by atoms with Gasteiger partial charge in [-0.15, -0.1) is 10.2 Å². The Kier molecular flexibility index (Phi) is 8.40. The van der Waals surface area contributed by atoms with E-state index in [1.54, 1.807) is 19.2 Å². The Hall–Kier alpha value is -3.18. The summed E-state index contributed by atoms with van der Waals surface area (Å²) in [6, 6.07) is 11.4. The molecule has 3 rings (SSSR count). The first-order valence-corrected chi connectivity index (χ1v) is 11.1. The Morgan fingerprint density at radius 2 is 1.97 bits per heavy atom. The van der Waals surface area contributed by atoms with Crippen molar-refractivity contribution in [2.24, 2.45) is 5.10 Å². The molecular weight excluding hydrogens is 498 g/mol. The van der Waals surface area contributed by atoms with Crippen LogP contribution in [0.1, 0.15) is 16.1 Å². The highest BCUT2D eigenvalue weighted by molar-refractivity contribution is 9.10. The molecule has 1 heterocycles. The smallest absolute Gasteiger partial charge is 0.247 e. The number of hydrazone groups is 1. The lowest BCUT2D eigenvalue weighted by Crippen LogP contribution is -2.19. The topological polar surface area (TPSA) is 121 Å². The van der Waals surface area contributed by atoms with Crippen LogP contribution in [0.2, 0.25) is 0 Å². The van der Waals surface area contributed by atoms with Gasteiger partial charge in [0, 0.05) is 0 Å². The molecule has 0 saturated carbocycles. The van der Waals surface area contributed by atoms with Gasteiger partial charge in [-0.3, -0.25) is 4.79 Å². The number of nitrogens with zero attached hydrogens (tertiary/aromatic N) is 3. The zero-order chi connectivity index (χ0) is 22.9. The quantitative estimate of drug-likeness (QED) is 0.239. The number of hydrogen-bond acceptors (Lipinski definition) is 9. The summed E-state index contributed by atoms with van der Waals surface area (Å²) in [4.78, 5) is 11.9. The van der Waals surface area contributed by atoms with E-state index < -0.39 is 0 Å². The zero-order valence-electron chi connectivity index (χ0n) is 17.5. The van der Waals surface area contributed by atoms with Crippen LogP contribution in [-0.4, -0.2) is 42.6 Å². The number of benzene rings is 2. The number of aromatic nitrogens is 2. The van der Waals surface area contributed by atoms with E-state index in [9.17, 15) is 4.79 Å². The number of anilines is 1. The number of halogens is 1. The summed E-state index contributed by atoms with van der Waals surface area (Å²) < 4.78 is 17.6. The molecule has 32 heavy (non-hydrogen) atoms. The van der Waals surface area contributed by atoms with Gasteiger partial charge in [-0.1, -0.05) is 29.0 Å². The number of rotatable bonds is 10. The molecule has 3 N–H and O–H groups in total. The van der Waals surface area contributed by atoms with Crippen molar-refractivity contribution in [2.75, 3.05) is 26.1 Å². The predicted octanol–water partition coefficient (Wildman–Crippen LogP) is 3.35. The third-order valence-electron chi connectivity index (χ3n) is 4.07. The van der Waals surface area contributed by atoms with Gasteiger partial charge in [-0.2, -0.15) is 5.10 Å². The average molecular weight is 520 g/mol. The Labute approximate surface area is 197 Å². The maximum absolute atomic E-state index is 11.9. The van der Waals surface area contributed by atoms with Crippen LogP contribution in [0.25, 0.3) is 0 Å². The van der Waals surface area contributed by atoms with Gasteiger partial charge in [-0.05, 0) is 52.7 Å². The van der Waals surface area contributed by atoms with Gasteiger partial charge >= 0.3 is 0 Å². The van der Waals surface area contributed by atoms with Gasteiger partial charge in [0.2, 0.25) is 11.0 Å². The molecule has 0 aliphatic carbocycles. The molecule has 0 fully saturated rings. The fraction of sp³-hybridized carbons (Fsp3) is 0.238. The fourth-order valence-electron chi connectivity index (χ4n) is 2.59. The first-order valence-electron chi connectivity index (χ1n) is 9.54. The van der Waals surface area contributed by atoms with Crippen LogP contribution in [0.5, 0.6) is 17.2 Å². The second kappa shape index (κ2) is 11.4. The lowest BCUT2D eigenvalue weighted by atomic mass is 10.2. The molecular formula is C21H22BrN5O4S. The normalized spacial score (nSPS) is 10.8. The summed E-state index contributed by atoms with van der Waals surface area (Å²) in [6.07, 6.45) is 1.56. The van der Waals surface area contributed by atoms with Gasteiger partial charge < -0.3 is 19.9 Å². The standard InChI is InChI=1S/C21H22BrN5O4S/c1-13-3-5-15(6-4-13)30-7-8-31-20-16(22)9-14(10-17(20)29-2)12-24-25-18(28)11-19-26-27-21(23)32-19/h3-6,9-10,12H,7-8,11H2,1-2H3,(H2,23,27)(H,25,28)/b24-12+. The number of methoxy groups -OCH3 is 1. The summed E-state index contributed by atoms with van der Waals surface area (Å²) in [5.74, 6) is 1.53. The molecule has 0 aliphatic heterocycles. The highest BCUT2D eigenvalue weighted by Gasteiger charge is 2.12. The highest BCUT2D eigenvalue weighted by atomic mass is 79.9. The predicted molar refractivity (Wildman–Crippen MR) is 127 cm³/mol. The number of nitrogens with two attached hydrogens (primary N) is 1. The fourth-order valence-corrected chi connectivity index (χ4v) is 3.77. The third-order valence-corrected chi connectivity index (χ3v) is 5.41. The lowest BCUT2D eigenvalue weighted by Gasteiger charge is -2.14. The van der Waals surface area contributed by atoms with Gasteiger partial charge in [0.05, 0.1) is 24.2 Å². The number of carbonyl (C=O) groups is 1. The maximum atomic E-state index is 11.9. The minimum Gasteiger partial charge on any atom is -0.493 e. The molecule has 0 saturated heterocycles. The van der Waals surface area contributed by atoms with E-state index >= 15 is 0 Å². The van der Waals surface area contributed by atoms with E-state index in [-0.39, 0.29) is 12.3 Å². The molecule has 11 heteroatoms. The summed E-state index contributed by atoms with van der Waals surface area (Å²) in [7, 11) is 1.55. The third kappa shape index (κ3) is 6.92. The van der Waals surface area contributed by atoms with Crippen molar-refractivity contribution in [2.45, 2.75) is 13.3 Å². The molecule has 0 bridgehead atoms. The van der Waals surface area contributed by atoms with Crippen molar-refractivity contribution in [3.8, 4) is 17.2 Å². The molecule has 1 aromatic heterocycles. The molecule has 0 radical (unpaired) electrons. The van der Waals surface area contributed by atoms with Crippen molar-refractivity contribution in [3.63, 3.8) is 0 Å². The Balaban J connectivity index is 1.53. The van der Waals surface area contributed by atoms with Crippen LogP contribution in [0.15, 0.2) is 46.0 Å². The highest BCUT2D eigenvalue weighted by Crippen LogP contribution is 2.36. The van der Waals surface area contributed by atoms with Crippen LogP contribution in [0, 0.1) is 6.92 Å². The molecule has 2 aromatic carbocycles. The van der Waals surface area contributed by atoms with E-state index in [0.717, 1.165) is 17.1 Å². The van der Waals surface area contributed by atoms with Gasteiger partial charge in [0.25, 0.3) is 0 Å². The number of ether oxygens (including phenoxy) is 3. The van der Waals surface area contributed by atoms with Gasteiger partial charge in [0.15, 0.2) is 11.5 Å². The van der Waals surface area contributed by atoms with E-state index in [4.69, 9.17) is 19.9 Å². The van der Waals surface area contributed by atoms with Crippen molar-refractivity contribution in [3.05, 3.63) is 57.0 Å². The van der Waals surface area contributed by atoms with E-state index in [1.807, 2.05) is 31.2 Å². The van der Waals surface area contributed by atoms with E-state index in [1.165, 1.54) is 11.8 Å². The second-order valence-electron chi connectivity index (χ2n) is 6.55. The van der Waals surface area contributed by atoms with Crippen LogP contribution in [0.3, 0.4) is 0 Å². The first-order chi connectivity index (χ1) is 15.4. The SMILES string of the molecule is COc1cc(/C=N/NC(=O)Cc2nnc(N)s2)cc(Br)c1OCCOc1ccc(C)cc1. The molecule has 0 unspecified atom stereocenters. The molecule has 3 aromatic rings. The summed E-state index contributed by atoms with van der Waals surface area (Å²) in [6.45, 7) is 2.74. The minimum absolute atomic E-state index is 0.0522. The van der Waals surface area contributed by atoms with Crippen LogP contribution < -0.4 is 25.4 Å². The monoisotopic (exact) mass is 519 g/mol. The number of hydrogen-bond donors (Lipinski definition) is 2. The Morgan fingerprint density at radius 3 is 2.66 bits per heavy atom. The Morgan fingerprint density at radius 1 is 1.22 bits per heavy atom. The molecule has 1 amide bonds. The van der Waals surface area contributed by atoms with Crippen molar-refractivity contribution in [1.82, 2.24) is 15.6 Å². The number of aryl methyl sites for hydroxylation is 1. The molecule has 0 aliphatic rings. The molecule has 0 spiro atoms. The van der Waals surface area contributed by atoms with E-state index in [2.05, 4.69) is 36.7 Å². The maximum Gasteiger partial charge on any atom is 0.247 e. The number of amides is 1. The largest absolute Gasteiger partial charge is 0.493 e. The average Bonchev–Trinajstić information content (AvgIpc) is 3.17. The zero-order valence-corrected chi connectivity index (χ0v) is 19.9. The minimum atomic E-state index is -0.322. The summed E-state index contributed by atoms with van der Waals surface area (Å²) in [5.41, 5.74) is 9.83. The Bertz CT molecular complexity index is 1090. The first kappa shape index (κ1) is 23.5. The molecule has 168 valence electrons. The lowest BCUT2D eigenvalue weighted by molar-refractivity contribution is -0.120. The second-order valence-corrected chi connectivity index (χ2v) is 8.50. The molecule has 0 atom stereocenters. The number of nitrogens with one attached hydrogen (secondary N) is 1. The number of nitrogen functional groups attached to an aromatic ring is 1. The number of carbonyl (C=O) groups excluding carboxylic acids is 1. The summed E-state index contributed by atoms with van der Waals surface area (Å²) in [5, 5.41) is 12.3. The van der Waals surface area contributed by atoms with E-state index in [0.29, 0.717) is 44.9 Å². The van der Waals surface area contributed by atoms with Crippen LogP contribution in [-0.2, 0) is 11.2 Å². The van der Waals surface area contributed by atoms with Crippen LogP contribution >= 0.6 is 27.3 Å². The van der Waals surface area contributed by atoms with Crippen molar-refractivity contribution >= 4 is 44.5 Å².